The highest BCUT2D eigenvalue weighted by atomic mass is 31.2. The normalized spacial score (nSPS) is 14.7. The third-order valence-corrected chi connectivity index (χ3v) is 6.06. The Morgan fingerprint density at radius 2 is 1.27 bits per heavy atom. The van der Waals surface area contributed by atoms with Crippen molar-refractivity contribution < 1.29 is 28.0 Å². The summed E-state index contributed by atoms with van der Waals surface area (Å²) in [6.07, 6.45) is 18.2. The van der Waals surface area contributed by atoms with Crippen molar-refractivity contribution in [1.82, 2.24) is 0 Å². The van der Waals surface area contributed by atoms with Gasteiger partial charge in [0.15, 0.2) is 0 Å². The molecule has 3 N–H and O–H groups in total. The van der Waals surface area contributed by atoms with Crippen LogP contribution in [0, 0.1) is 0 Å². The van der Waals surface area contributed by atoms with E-state index in [4.69, 9.17) is 19.7 Å². The minimum Gasteiger partial charge on any atom is -0.379 e. The fourth-order valence-corrected chi connectivity index (χ4v) is 3.95. The van der Waals surface area contributed by atoms with Gasteiger partial charge in [0.05, 0.1) is 19.8 Å². The Morgan fingerprint density at radius 1 is 0.767 bits per heavy atom. The molecule has 0 radical (unpaired) electrons. The smallest absolute Gasteiger partial charge is 0.379 e. The Kier molecular flexibility index (Phi) is 22.2. The summed E-state index contributed by atoms with van der Waals surface area (Å²) in [5.41, 5.74) is 5.23. The van der Waals surface area contributed by atoms with E-state index in [0.717, 1.165) is 6.42 Å². The van der Waals surface area contributed by atoms with Gasteiger partial charge in [-0.25, -0.2) is 4.57 Å². The highest BCUT2D eigenvalue weighted by Crippen LogP contribution is 2.42. The molecule has 0 spiro atoms. The molecule has 0 aromatic heterocycles. The van der Waals surface area contributed by atoms with Crippen LogP contribution in [0.3, 0.4) is 0 Å². The zero-order chi connectivity index (χ0) is 22.3. The van der Waals surface area contributed by atoms with Crippen LogP contribution < -0.4 is 5.73 Å². The average Bonchev–Trinajstić information content (AvgIpc) is 2.74. The molecule has 7 nitrogen and oxygen atoms in total. The lowest BCUT2D eigenvalue weighted by molar-refractivity contribution is -0.0219. The first-order valence-corrected chi connectivity index (χ1v) is 13.5. The maximum absolute atomic E-state index is 11.6. The number of hydrogen-bond donors (Lipinski definition) is 2. The monoisotopic (exact) mass is 453 g/mol. The van der Waals surface area contributed by atoms with Crippen molar-refractivity contribution in [1.29, 1.82) is 0 Å². The molecule has 1 unspecified atom stereocenters. The summed E-state index contributed by atoms with van der Waals surface area (Å²) < 4.78 is 32.0. The summed E-state index contributed by atoms with van der Waals surface area (Å²) in [6.45, 7) is 3.32. The molecular formula is C22H48NO6P. The Balaban J connectivity index is 3.40. The Hall–Kier alpha value is -0.0100. The molecular weight excluding hydrogens is 405 g/mol. The van der Waals surface area contributed by atoms with Crippen LogP contribution in [-0.2, 0) is 23.1 Å². The Labute approximate surface area is 185 Å². The molecule has 2 atom stereocenters. The number of nitrogens with two attached hydrogens (primary N) is 1. The van der Waals surface area contributed by atoms with Gasteiger partial charge in [-0.2, -0.15) is 0 Å². The highest BCUT2D eigenvalue weighted by molar-refractivity contribution is 7.47. The maximum Gasteiger partial charge on any atom is 0.472 e. The molecule has 0 saturated heterocycles. The molecule has 0 aliphatic heterocycles. The van der Waals surface area contributed by atoms with Crippen LogP contribution in [-0.4, -0.2) is 51.1 Å². The third-order valence-electron chi connectivity index (χ3n) is 5.08. The van der Waals surface area contributed by atoms with Gasteiger partial charge < -0.3 is 20.1 Å². The van der Waals surface area contributed by atoms with E-state index in [-0.39, 0.29) is 19.8 Å². The quantitative estimate of drug-likeness (QED) is 0.145. The second-order valence-electron chi connectivity index (χ2n) is 7.92. The van der Waals surface area contributed by atoms with E-state index in [1.165, 1.54) is 90.6 Å². The number of ether oxygens (including phenoxy) is 2. The van der Waals surface area contributed by atoms with Crippen LogP contribution in [0.25, 0.3) is 0 Å². The lowest BCUT2D eigenvalue weighted by atomic mass is 10.0. The lowest BCUT2D eigenvalue weighted by Gasteiger charge is -2.18. The van der Waals surface area contributed by atoms with Gasteiger partial charge in [0.25, 0.3) is 0 Å². The molecule has 30 heavy (non-hydrogen) atoms. The van der Waals surface area contributed by atoms with Crippen molar-refractivity contribution >= 4 is 7.82 Å². The maximum atomic E-state index is 11.6. The lowest BCUT2D eigenvalue weighted by Crippen LogP contribution is -2.24. The highest BCUT2D eigenvalue weighted by Gasteiger charge is 2.23. The topological polar surface area (TPSA) is 100 Å². The van der Waals surface area contributed by atoms with Crippen molar-refractivity contribution in [3.63, 3.8) is 0 Å². The molecule has 0 aliphatic carbocycles. The minimum atomic E-state index is -4.07. The first-order valence-electron chi connectivity index (χ1n) is 12.0. The van der Waals surface area contributed by atoms with Gasteiger partial charge in [-0.1, -0.05) is 90.4 Å². The van der Waals surface area contributed by atoms with E-state index >= 15 is 0 Å². The van der Waals surface area contributed by atoms with Crippen molar-refractivity contribution in [2.75, 3.05) is 40.1 Å². The van der Waals surface area contributed by atoms with Crippen LogP contribution in [0.1, 0.15) is 96.8 Å². The molecule has 182 valence electrons. The standard InChI is InChI=1S/C22H48NO6P/c1-3-4-5-6-7-8-9-10-11-12-13-14-15-16-18-27-20-22(26-2)21-29-30(24,25)28-19-17-23/h22H,3-21,23H2,1-2H3,(H,24,25)/t22-/m1/s1. The second-order valence-corrected chi connectivity index (χ2v) is 9.37. The van der Waals surface area contributed by atoms with Gasteiger partial charge >= 0.3 is 7.82 Å². The molecule has 0 amide bonds. The molecule has 0 saturated carbocycles. The number of rotatable bonds is 24. The van der Waals surface area contributed by atoms with Crippen LogP contribution in [0.5, 0.6) is 0 Å². The fraction of sp³-hybridized carbons (Fsp3) is 1.00. The number of phosphoric acid groups is 1. The minimum absolute atomic E-state index is 0.0267. The molecule has 0 fully saturated rings. The molecule has 8 heteroatoms. The van der Waals surface area contributed by atoms with Gasteiger partial charge in [-0.15, -0.1) is 0 Å². The summed E-state index contributed by atoms with van der Waals surface area (Å²) in [6, 6.07) is 0. The number of phosphoric ester groups is 1. The SMILES string of the molecule is CCCCCCCCCCCCCCCCOC[C@H](COP(=O)(O)OCCN)OC. The van der Waals surface area contributed by atoms with E-state index in [1.54, 1.807) is 0 Å². The molecule has 0 heterocycles. The average molecular weight is 454 g/mol. The zero-order valence-electron chi connectivity index (χ0n) is 19.5. The van der Waals surface area contributed by atoms with Crippen LogP contribution in [0.2, 0.25) is 0 Å². The second kappa shape index (κ2) is 22.2. The third kappa shape index (κ3) is 21.2. The fourth-order valence-electron chi connectivity index (χ4n) is 3.18. The first-order chi connectivity index (χ1) is 14.6. The first kappa shape index (κ1) is 30.0. The number of methoxy groups -OCH3 is 1. The molecule has 0 bridgehead atoms. The van der Waals surface area contributed by atoms with E-state index in [9.17, 15) is 9.46 Å². The predicted octanol–water partition coefficient (Wildman–Crippen LogP) is 5.59. The van der Waals surface area contributed by atoms with E-state index in [0.29, 0.717) is 13.2 Å². The van der Waals surface area contributed by atoms with Crippen molar-refractivity contribution in [3.8, 4) is 0 Å². The summed E-state index contributed by atoms with van der Waals surface area (Å²) in [4.78, 5) is 9.46. The van der Waals surface area contributed by atoms with E-state index < -0.39 is 13.9 Å². The van der Waals surface area contributed by atoms with Gasteiger partial charge in [0.2, 0.25) is 0 Å². The van der Waals surface area contributed by atoms with Crippen LogP contribution in [0.15, 0.2) is 0 Å². The van der Waals surface area contributed by atoms with Gasteiger partial charge in [-0.05, 0) is 6.42 Å². The number of hydrogen-bond acceptors (Lipinski definition) is 6. The summed E-state index contributed by atoms with van der Waals surface area (Å²) in [7, 11) is -2.55. The largest absolute Gasteiger partial charge is 0.472 e. The van der Waals surface area contributed by atoms with Crippen LogP contribution in [0.4, 0.5) is 0 Å². The van der Waals surface area contributed by atoms with Crippen molar-refractivity contribution in [2.24, 2.45) is 5.73 Å². The molecule has 0 rings (SSSR count). The summed E-state index contributed by atoms with van der Waals surface area (Å²) >= 11 is 0. The van der Waals surface area contributed by atoms with E-state index in [1.807, 2.05) is 0 Å². The summed E-state index contributed by atoms with van der Waals surface area (Å²) in [5.74, 6) is 0. The molecule has 0 aromatic rings. The molecule has 0 aromatic carbocycles. The van der Waals surface area contributed by atoms with Crippen LogP contribution >= 0.6 is 7.82 Å². The van der Waals surface area contributed by atoms with E-state index in [2.05, 4.69) is 11.4 Å². The Morgan fingerprint density at radius 3 is 1.73 bits per heavy atom. The van der Waals surface area contributed by atoms with Gasteiger partial charge in [-0.3, -0.25) is 9.05 Å². The Bertz CT molecular complexity index is 400. The predicted molar refractivity (Wildman–Crippen MR) is 123 cm³/mol. The van der Waals surface area contributed by atoms with Gasteiger partial charge in [0.1, 0.15) is 6.10 Å². The summed E-state index contributed by atoms with van der Waals surface area (Å²) in [5, 5.41) is 0. The van der Waals surface area contributed by atoms with Crippen molar-refractivity contribution in [3.05, 3.63) is 0 Å². The van der Waals surface area contributed by atoms with Gasteiger partial charge in [0, 0.05) is 20.3 Å². The molecule has 0 aliphatic rings. The zero-order valence-corrected chi connectivity index (χ0v) is 20.4. The van der Waals surface area contributed by atoms with Crippen molar-refractivity contribution in [2.45, 2.75) is 103 Å². The number of unbranched alkanes of at least 4 members (excludes halogenated alkanes) is 13.